The summed E-state index contributed by atoms with van der Waals surface area (Å²) in [6.45, 7) is 9.31. The van der Waals surface area contributed by atoms with Crippen LogP contribution >= 0.6 is 0 Å². The van der Waals surface area contributed by atoms with E-state index in [-0.39, 0.29) is 6.04 Å². The molecule has 1 aliphatic carbocycles. The molecule has 1 aliphatic rings. The Bertz CT molecular complexity index is 210. The second-order valence-electron chi connectivity index (χ2n) is 3.71. The maximum atomic E-state index is 6.08. The molecule has 0 aromatic heterocycles. The molecule has 0 aromatic rings. The van der Waals surface area contributed by atoms with Crippen molar-refractivity contribution in [2.75, 3.05) is 13.1 Å². The first kappa shape index (κ1) is 11.2. The van der Waals surface area contributed by atoms with E-state index in [4.69, 9.17) is 5.73 Å². The number of hydrogen-bond acceptors (Lipinski definition) is 2. The molecule has 2 heteroatoms. The van der Waals surface area contributed by atoms with Crippen molar-refractivity contribution in [2.45, 2.75) is 24.9 Å². The minimum absolute atomic E-state index is 0.250. The van der Waals surface area contributed by atoms with Gasteiger partial charge < -0.3 is 5.73 Å². The Morgan fingerprint density at radius 3 is 2.29 bits per heavy atom. The van der Waals surface area contributed by atoms with Crippen molar-refractivity contribution in [2.24, 2.45) is 5.73 Å². The summed E-state index contributed by atoms with van der Waals surface area (Å²) in [7, 11) is 0. The molecule has 2 nitrogen and oxygen atoms in total. The molecule has 0 saturated carbocycles. The summed E-state index contributed by atoms with van der Waals surface area (Å²) in [4.78, 5) is 2.33. The van der Waals surface area contributed by atoms with Crippen LogP contribution in [0.5, 0.6) is 0 Å². The van der Waals surface area contributed by atoms with Gasteiger partial charge in [-0.1, -0.05) is 24.3 Å². The molecule has 2 atom stereocenters. The molecule has 0 heterocycles. The summed E-state index contributed by atoms with van der Waals surface area (Å²) in [5.74, 6) is 0. The smallest absolute Gasteiger partial charge is 0.0291 e. The van der Waals surface area contributed by atoms with Crippen molar-refractivity contribution >= 4 is 0 Å². The third-order valence-corrected chi connectivity index (χ3v) is 2.64. The van der Waals surface area contributed by atoms with Gasteiger partial charge in [0.25, 0.3) is 0 Å². The maximum absolute atomic E-state index is 6.08. The zero-order valence-corrected chi connectivity index (χ0v) is 8.73. The van der Waals surface area contributed by atoms with Crippen LogP contribution in [0.15, 0.2) is 37.5 Å². The first-order valence-electron chi connectivity index (χ1n) is 5.16. The molecule has 0 unspecified atom stereocenters. The lowest BCUT2D eigenvalue weighted by Crippen LogP contribution is -2.48. The fourth-order valence-corrected chi connectivity index (χ4v) is 1.92. The third kappa shape index (κ3) is 2.82. The highest BCUT2D eigenvalue weighted by Crippen LogP contribution is 2.16. The molecule has 14 heavy (non-hydrogen) atoms. The Hall–Kier alpha value is -0.860. The summed E-state index contributed by atoms with van der Waals surface area (Å²) in [5.41, 5.74) is 6.08. The molecule has 0 saturated heterocycles. The van der Waals surface area contributed by atoms with E-state index in [1.54, 1.807) is 0 Å². The van der Waals surface area contributed by atoms with E-state index in [0.29, 0.717) is 6.04 Å². The van der Waals surface area contributed by atoms with E-state index in [1.807, 2.05) is 12.2 Å². The number of hydrogen-bond donors (Lipinski definition) is 1. The average Bonchev–Trinajstić information content (AvgIpc) is 2.18. The Balaban J connectivity index is 2.60. The molecule has 1 rings (SSSR count). The van der Waals surface area contributed by atoms with E-state index in [1.165, 1.54) is 0 Å². The van der Waals surface area contributed by atoms with Gasteiger partial charge in [0.05, 0.1) is 0 Å². The molecular weight excluding hydrogens is 172 g/mol. The maximum Gasteiger partial charge on any atom is 0.0291 e. The van der Waals surface area contributed by atoms with Crippen LogP contribution in [0.4, 0.5) is 0 Å². The van der Waals surface area contributed by atoms with Crippen LogP contribution in [0.3, 0.4) is 0 Å². The standard InChI is InChI=1S/C12H20N2/c1-3-9-14(10-4-2)12-8-6-5-7-11(12)13/h3-6,11-12H,1-2,7-10,13H2/t11-,12-/m1/s1. The average molecular weight is 192 g/mol. The molecule has 0 radical (unpaired) electrons. The van der Waals surface area contributed by atoms with Crippen LogP contribution in [0.1, 0.15) is 12.8 Å². The van der Waals surface area contributed by atoms with Crippen LogP contribution in [-0.2, 0) is 0 Å². The van der Waals surface area contributed by atoms with Crippen LogP contribution in [-0.4, -0.2) is 30.1 Å². The van der Waals surface area contributed by atoms with Crippen molar-refractivity contribution in [3.05, 3.63) is 37.5 Å². The number of nitrogens with two attached hydrogens (primary N) is 1. The molecule has 0 bridgehead atoms. The lowest BCUT2D eigenvalue weighted by molar-refractivity contribution is 0.204. The zero-order chi connectivity index (χ0) is 10.4. The Kier molecular flexibility index (Phi) is 4.63. The fraction of sp³-hybridized carbons (Fsp3) is 0.500. The summed E-state index contributed by atoms with van der Waals surface area (Å²) >= 11 is 0. The Morgan fingerprint density at radius 2 is 1.79 bits per heavy atom. The van der Waals surface area contributed by atoms with Gasteiger partial charge in [0.2, 0.25) is 0 Å². The van der Waals surface area contributed by atoms with E-state index >= 15 is 0 Å². The van der Waals surface area contributed by atoms with Gasteiger partial charge in [0.15, 0.2) is 0 Å². The van der Waals surface area contributed by atoms with Gasteiger partial charge in [-0.3, -0.25) is 4.90 Å². The van der Waals surface area contributed by atoms with Gasteiger partial charge in [0.1, 0.15) is 0 Å². The van der Waals surface area contributed by atoms with Crippen molar-refractivity contribution in [3.63, 3.8) is 0 Å². The third-order valence-electron chi connectivity index (χ3n) is 2.64. The van der Waals surface area contributed by atoms with Gasteiger partial charge in [-0.2, -0.15) is 0 Å². The van der Waals surface area contributed by atoms with Gasteiger partial charge in [-0.05, 0) is 12.8 Å². The fourth-order valence-electron chi connectivity index (χ4n) is 1.92. The molecule has 0 aromatic carbocycles. The summed E-state index contributed by atoms with van der Waals surface area (Å²) < 4.78 is 0. The summed E-state index contributed by atoms with van der Waals surface area (Å²) in [5, 5.41) is 0. The first-order valence-corrected chi connectivity index (χ1v) is 5.16. The van der Waals surface area contributed by atoms with E-state index in [9.17, 15) is 0 Å². The Labute approximate surface area is 86.8 Å². The SMILES string of the molecule is C=CCN(CC=C)[C@@H]1CC=CC[C@H]1N. The monoisotopic (exact) mass is 192 g/mol. The van der Waals surface area contributed by atoms with Crippen LogP contribution in [0, 0.1) is 0 Å². The van der Waals surface area contributed by atoms with Gasteiger partial charge in [-0.15, -0.1) is 13.2 Å². The highest BCUT2D eigenvalue weighted by atomic mass is 15.2. The molecule has 0 spiro atoms. The van der Waals surface area contributed by atoms with Gasteiger partial charge in [-0.25, -0.2) is 0 Å². The van der Waals surface area contributed by atoms with Crippen molar-refractivity contribution in [3.8, 4) is 0 Å². The predicted molar refractivity (Wildman–Crippen MR) is 62.1 cm³/mol. The molecular formula is C12H20N2. The van der Waals surface area contributed by atoms with Gasteiger partial charge in [0, 0.05) is 25.2 Å². The highest BCUT2D eigenvalue weighted by molar-refractivity contribution is 5.02. The van der Waals surface area contributed by atoms with Crippen LogP contribution in [0.2, 0.25) is 0 Å². The molecule has 0 aliphatic heterocycles. The summed E-state index contributed by atoms with van der Waals surface area (Å²) in [6, 6.07) is 0.691. The largest absolute Gasteiger partial charge is 0.326 e. The quantitative estimate of drug-likeness (QED) is 0.672. The van der Waals surface area contributed by atoms with E-state index < -0.39 is 0 Å². The van der Waals surface area contributed by atoms with Crippen molar-refractivity contribution < 1.29 is 0 Å². The van der Waals surface area contributed by atoms with Crippen molar-refractivity contribution in [1.29, 1.82) is 0 Å². The highest BCUT2D eigenvalue weighted by Gasteiger charge is 2.23. The normalized spacial score (nSPS) is 26.4. The molecule has 2 N–H and O–H groups in total. The first-order chi connectivity index (χ1) is 6.79. The van der Waals surface area contributed by atoms with Crippen LogP contribution in [0.25, 0.3) is 0 Å². The van der Waals surface area contributed by atoms with Crippen molar-refractivity contribution in [1.82, 2.24) is 4.90 Å². The van der Waals surface area contributed by atoms with E-state index in [0.717, 1.165) is 25.9 Å². The molecule has 78 valence electrons. The lowest BCUT2D eigenvalue weighted by Gasteiger charge is -2.35. The topological polar surface area (TPSA) is 29.3 Å². The van der Waals surface area contributed by atoms with Gasteiger partial charge >= 0.3 is 0 Å². The molecule has 0 amide bonds. The second kappa shape index (κ2) is 5.78. The van der Waals surface area contributed by atoms with Crippen LogP contribution < -0.4 is 5.73 Å². The number of nitrogens with zero attached hydrogens (tertiary/aromatic N) is 1. The second-order valence-corrected chi connectivity index (χ2v) is 3.71. The zero-order valence-electron chi connectivity index (χ0n) is 8.73. The minimum Gasteiger partial charge on any atom is -0.326 e. The Morgan fingerprint density at radius 1 is 1.21 bits per heavy atom. The predicted octanol–water partition coefficient (Wildman–Crippen LogP) is 1.71. The minimum atomic E-state index is 0.250. The molecule has 0 fully saturated rings. The van der Waals surface area contributed by atoms with E-state index in [2.05, 4.69) is 30.2 Å². The lowest BCUT2D eigenvalue weighted by atomic mass is 9.95. The number of rotatable bonds is 5. The summed E-state index contributed by atoms with van der Waals surface area (Å²) in [6.07, 6.45) is 10.3.